The highest BCUT2D eigenvalue weighted by Crippen LogP contribution is 2.26. The fourth-order valence-electron chi connectivity index (χ4n) is 4.95. The highest BCUT2D eigenvalue weighted by Gasteiger charge is 2.24. The first-order valence-electron chi connectivity index (χ1n) is 13.4. The smallest absolute Gasteiger partial charge is 0.252 e. The molecule has 1 atom stereocenters. The summed E-state index contributed by atoms with van der Waals surface area (Å²) in [6.07, 6.45) is 4.90. The first kappa shape index (κ1) is 25.7. The lowest BCUT2D eigenvalue weighted by molar-refractivity contribution is 0.0952. The molecule has 1 amide bonds. The van der Waals surface area contributed by atoms with Gasteiger partial charge >= 0.3 is 0 Å². The molecule has 0 radical (unpaired) electrons. The molecule has 0 bridgehead atoms. The summed E-state index contributed by atoms with van der Waals surface area (Å²) in [5.74, 6) is 1.61. The molecule has 0 unspecified atom stereocenters. The van der Waals surface area contributed by atoms with Crippen molar-refractivity contribution in [1.82, 2.24) is 20.2 Å². The molecule has 2 aromatic carbocycles. The van der Waals surface area contributed by atoms with Gasteiger partial charge in [-0.25, -0.2) is 9.97 Å². The van der Waals surface area contributed by atoms with Crippen LogP contribution in [0.1, 0.15) is 36.5 Å². The minimum atomic E-state index is -0.108. The van der Waals surface area contributed by atoms with Crippen LogP contribution in [0.15, 0.2) is 79.0 Å². The Bertz CT molecular complexity index is 1340. The van der Waals surface area contributed by atoms with E-state index in [1.165, 1.54) is 6.42 Å². The number of carbonyl (C=O) groups excluding carboxylic acids is 1. The topological polar surface area (TPSA) is 76.6 Å². The number of nitrogens with one attached hydrogen (secondary N) is 1. The number of pyridine rings is 2. The normalized spacial score (nSPS) is 15.4. The van der Waals surface area contributed by atoms with Gasteiger partial charge in [-0.15, -0.1) is 0 Å². The molecule has 7 heteroatoms. The van der Waals surface area contributed by atoms with Crippen LogP contribution in [-0.4, -0.2) is 59.7 Å². The van der Waals surface area contributed by atoms with Crippen LogP contribution < -0.4 is 14.8 Å². The van der Waals surface area contributed by atoms with Gasteiger partial charge in [0.1, 0.15) is 18.1 Å². The molecule has 5 rings (SSSR count). The molecule has 0 saturated carbocycles. The van der Waals surface area contributed by atoms with Gasteiger partial charge in [-0.3, -0.25) is 9.69 Å². The predicted molar refractivity (Wildman–Crippen MR) is 150 cm³/mol. The van der Waals surface area contributed by atoms with E-state index < -0.39 is 0 Å². The van der Waals surface area contributed by atoms with E-state index in [0.717, 1.165) is 48.4 Å². The van der Waals surface area contributed by atoms with Crippen molar-refractivity contribution in [1.29, 1.82) is 0 Å². The Labute approximate surface area is 223 Å². The van der Waals surface area contributed by atoms with Gasteiger partial charge < -0.3 is 14.8 Å². The van der Waals surface area contributed by atoms with Gasteiger partial charge in [0.2, 0.25) is 0 Å². The lowest BCUT2D eigenvalue weighted by Crippen LogP contribution is -2.36. The monoisotopic (exact) mass is 510 g/mol. The fourth-order valence-corrected chi connectivity index (χ4v) is 4.95. The molecule has 7 nitrogen and oxygen atoms in total. The number of para-hydroxylation sites is 1. The molecule has 0 spiro atoms. The summed E-state index contributed by atoms with van der Waals surface area (Å²) in [6.45, 7) is 5.87. The number of ether oxygens (including phenoxy) is 2. The number of hydrogen-bond donors (Lipinski definition) is 1. The lowest BCUT2D eigenvalue weighted by atomic mass is 10.1. The average Bonchev–Trinajstić information content (AvgIpc) is 3.42. The number of aromatic nitrogens is 2. The van der Waals surface area contributed by atoms with Crippen LogP contribution >= 0.6 is 0 Å². The maximum absolute atomic E-state index is 13.3. The largest absolute Gasteiger partial charge is 0.494 e. The third kappa shape index (κ3) is 6.29. The Morgan fingerprint density at radius 1 is 1.03 bits per heavy atom. The number of hydrogen-bond acceptors (Lipinski definition) is 6. The minimum Gasteiger partial charge on any atom is -0.494 e. The molecule has 2 aromatic heterocycles. The SMILES string of the molecule is CCOc1ccc(-c2cc(C(=O)NCCCN3CCC[C@H]3COc3ccccc3)c3cccnc3n2)cc1. The summed E-state index contributed by atoms with van der Waals surface area (Å²) in [4.78, 5) is 24.9. The summed E-state index contributed by atoms with van der Waals surface area (Å²) in [7, 11) is 0. The number of amides is 1. The predicted octanol–water partition coefficient (Wildman–Crippen LogP) is 5.36. The number of rotatable bonds is 11. The zero-order chi connectivity index (χ0) is 26.2. The van der Waals surface area contributed by atoms with Crippen LogP contribution in [0.5, 0.6) is 11.5 Å². The van der Waals surface area contributed by atoms with Crippen molar-refractivity contribution in [3.8, 4) is 22.8 Å². The molecule has 3 heterocycles. The number of likely N-dealkylation sites (tertiary alicyclic amines) is 1. The zero-order valence-corrected chi connectivity index (χ0v) is 21.8. The van der Waals surface area contributed by atoms with E-state index in [2.05, 4.69) is 15.2 Å². The molecular weight excluding hydrogens is 476 g/mol. The van der Waals surface area contributed by atoms with Gasteiger partial charge in [-0.05, 0) is 87.3 Å². The molecule has 1 aliphatic heterocycles. The van der Waals surface area contributed by atoms with Crippen LogP contribution in [0.3, 0.4) is 0 Å². The van der Waals surface area contributed by atoms with Crippen molar-refractivity contribution in [2.75, 3.05) is 32.8 Å². The first-order chi connectivity index (χ1) is 18.7. The van der Waals surface area contributed by atoms with Crippen LogP contribution in [0.25, 0.3) is 22.3 Å². The molecule has 1 aliphatic rings. The molecule has 196 valence electrons. The first-order valence-corrected chi connectivity index (χ1v) is 13.4. The highest BCUT2D eigenvalue weighted by molar-refractivity contribution is 6.06. The number of carbonyl (C=O) groups is 1. The Hall–Kier alpha value is -3.97. The third-order valence-electron chi connectivity index (χ3n) is 6.88. The Morgan fingerprint density at radius 3 is 2.66 bits per heavy atom. The quantitative estimate of drug-likeness (QED) is 0.274. The van der Waals surface area contributed by atoms with Crippen LogP contribution in [-0.2, 0) is 0 Å². The van der Waals surface area contributed by atoms with Crippen molar-refractivity contribution >= 4 is 16.9 Å². The Balaban J connectivity index is 1.20. The van der Waals surface area contributed by atoms with Gasteiger partial charge in [0.15, 0.2) is 5.65 Å². The second-order valence-electron chi connectivity index (χ2n) is 9.45. The second-order valence-corrected chi connectivity index (χ2v) is 9.45. The van der Waals surface area contributed by atoms with Gasteiger partial charge in [-0.2, -0.15) is 0 Å². The molecule has 4 aromatic rings. The van der Waals surface area contributed by atoms with E-state index in [9.17, 15) is 4.79 Å². The lowest BCUT2D eigenvalue weighted by Gasteiger charge is -2.24. The van der Waals surface area contributed by atoms with Gasteiger partial charge in [0, 0.05) is 36.3 Å². The Kier molecular flexibility index (Phi) is 8.46. The second kappa shape index (κ2) is 12.5. The van der Waals surface area contributed by atoms with Crippen molar-refractivity contribution in [2.24, 2.45) is 0 Å². The Morgan fingerprint density at radius 2 is 1.84 bits per heavy atom. The summed E-state index contributed by atoms with van der Waals surface area (Å²) in [5, 5.41) is 3.87. The van der Waals surface area contributed by atoms with Crippen molar-refractivity contribution in [3.05, 3.63) is 84.6 Å². The minimum absolute atomic E-state index is 0.108. The number of benzene rings is 2. The molecule has 0 aliphatic carbocycles. The van der Waals surface area contributed by atoms with E-state index >= 15 is 0 Å². The highest BCUT2D eigenvalue weighted by atomic mass is 16.5. The number of nitrogens with zero attached hydrogens (tertiary/aromatic N) is 3. The standard InChI is InChI=1S/C31H34N4O3/c1-2-37-26-15-13-23(14-16-26)29-21-28(27-12-6-17-32-30(27)34-29)31(36)33-18-8-20-35-19-7-9-24(35)22-38-25-10-4-3-5-11-25/h3-6,10-17,21,24H,2,7-9,18-20,22H2,1H3,(H,33,36)/t24-/m0/s1. The van der Waals surface area contributed by atoms with Crippen molar-refractivity contribution in [2.45, 2.75) is 32.2 Å². The summed E-state index contributed by atoms with van der Waals surface area (Å²) < 4.78 is 11.6. The van der Waals surface area contributed by atoms with Crippen molar-refractivity contribution in [3.63, 3.8) is 0 Å². The summed E-state index contributed by atoms with van der Waals surface area (Å²) >= 11 is 0. The summed E-state index contributed by atoms with van der Waals surface area (Å²) in [6, 6.07) is 23.7. The third-order valence-corrected chi connectivity index (χ3v) is 6.88. The zero-order valence-electron chi connectivity index (χ0n) is 21.8. The van der Waals surface area contributed by atoms with Crippen LogP contribution in [0, 0.1) is 0 Å². The van der Waals surface area contributed by atoms with E-state index in [1.54, 1.807) is 6.20 Å². The van der Waals surface area contributed by atoms with Gasteiger partial charge in [0.05, 0.1) is 17.9 Å². The summed E-state index contributed by atoms with van der Waals surface area (Å²) in [5.41, 5.74) is 2.76. The molecule has 38 heavy (non-hydrogen) atoms. The molecule has 1 fully saturated rings. The molecule has 1 saturated heterocycles. The molecule has 1 N–H and O–H groups in total. The van der Waals surface area contributed by atoms with Crippen LogP contribution in [0.4, 0.5) is 0 Å². The van der Waals surface area contributed by atoms with E-state index in [1.807, 2.05) is 79.7 Å². The maximum Gasteiger partial charge on any atom is 0.252 e. The molecular formula is C31H34N4O3. The van der Waals surface area contributed by atoms with Gasteiger partial charge in [0.25, 0.3) is 5.91 Å². The fraction of sp³-hybridized carbons (Fsp3) is 0.323. The average molecular weight is 511 g/mol. The van der Waals surface area contributed by atoms with E-state index in [0.29, 0.717) is 42.7 Å². The van der Waals surface area contributed by atoms with E-state index in [-0.39, 0.29) is 5.91 Å². The van der Waals surface area contributed by atoms with Crippen molar-refractivity contribution < 1.29 is 14.3 Å². The van der Waals surface area contributed by atoms with Crippen LogP contribution in [0.2, 0.25) is 0 Å². The maximum atomic E-state index is 13.3. The van der Waals surface area contributed by atoms with Gasteiger partial charge in [-0.1, -0.05) is 18.2 Å². The van der Waals surface area contributed by atoms with E-state index in [4.69, 9.17) is 14.5 Å². The number of fused-ring (bicyclic) bond motifs is 1.